The number of carboxylic acid groups (broad SMARTS) is 1. The van der Waals surface area contributed by atoms with E-state index in [4.69, 9.17) is 26.1 Å². The Morgan fingerprint density at radius 1 is 1.14 bits per heavy atom. The summed E-state index contributed by atoms with van der Waals surface area (Å²) >= 11 is 0. The zero-order valence-electron chi connectivity index (χ0n) is 24.5. The quantitative estimate of drug-likeness (QED) is 0.103. The Bertz CT molecular complexity index is 1140. The molecule has 0 bridgehead atoms. The van der Waals surface area contributed by atoms with E-state index in [0.717, 1.165) is 5.56 Å². The number of amides is 2. The van der Waals surface area contributed by atoms with E-state index in [-0.39, 0.29) is 49.6 Å². The van der Waals surface area contributed by atoms with E-state index < -0.39 is 48.7 Å². The van der Waals surface area contributed by atoms with Gasteiger partial charge in [0.25, 0.3) is 0 Å². The Labute approximate surface area is 252 Å². The van der Waals surface area contributed by atoms with Crippen LogP contribution in [0.15, 0.2) is 35.3 Å². The highest BCUT2D eigenvalue weighted by atomic mass is 19.4. The molecule has 0 radical (unpaired) electrons. The molecule has 0 spiro atoms. The van der Waals surface area contributed by atoms with Crippen LogP contribution in [0.1, 0.15) is 51.5 Å². The SMILES string of the molecule is CC(C)[C@H](NC(=O)OCc1ccccc1)C(=O)N1CCC[C@H]1C(=O)C[C@@H](CCCN=C(N)N)C(=O)CF.O=C(O)C(F)(F)F. The summed E-state index contributed by atoms with van der Waals surface area (Å²) in [5.41, 5.74) is 11.4. The third kappa shape index (κ3) is 13.4. The van der Waals surface area contributed by atoms with Gasteiger partial charge in [-0.15, -0.1) is 0 Å². The normalized spacial score (nSPS) is 15.8. The molecule has 1 saturated heterocycles. The highest BCUT2D eigenvalue weighted by molar-refractivity contribution is 5.95. The fourth-order valence-corrected chi connectivity index (χ4v) is 4.36. The van der Waals surface area contributed by atoms with Gasteiger partial charge in [0.2, 0.25) is 5.91 Å². The maximum Gasteiger partial charge on any atom is 0.490 e. The lowest BCUT2D eigenvalue weighted by molar-refractivity contribution is -0.192. The van der Waals surface area contributed by atoms with Crippen molar-refractivity contribution in [2.24, 2.45) is 28.3 Å². The van der Waals surface area contributed by atoms with Crippen LogP contribution in [0.25, 0.3) is 0 Å². The van der Waals surface area contributed by atoms with E-state index in [1.165, 1.54) is 4.90 Å². The number of aliphatic carboxylic acids is 1. The molecule has 12 nitrogen and oxygen atoms in total. The van der Waals surface area contributed by atoms with Crippen molar-refractivity contribution >= 4 is 35.5 Å². The van der Waals surface area contributed by atoms with Crippen LogP contribution >= 0.6 is 0 Å². The Morgan fingerprint density at radius 2 is 1.75 bits per heavy atom. The molecule has 0 saturated carbocycles. The second kappa shape index (κ2) is 18.4. The summed E-state index contributed by atoms with van der Waals surface area (Å²) in [5, 5.41) is 9.76. The number of Topliss-reactive ketones (excluding diaryl/α,β-unsaturated/α-hetero) is 2. The van der Waals surface area contributed by atoms with Gasteiger partial charge in [0.05, 0.1) is 6.04 Å². The molecule has 246 valence electrons. The molecule has 1 aromatic rings. The molecule has 1 aromatic carbocycles. The third-order valence-corrected chi connectivity index (χ3v) is 6.61. The molecule has 3 atom stereocenters. The van der Waals surface area contributed by atoms with Gasteiger partial charge in [-0.25, -0.2) is 14.0 Å². The van der Waals surface area contributed by atoms with Gasteiger partial charge in [-0.1, -0.05) is 44.2 Å². The van der Waals surface area contributed by atoms with Crippen molar-refractivity contribution < 1.29 is 51.4 Å². The van der Waals surface area contributed by atoms with E-state index in [9.17, 15) is 36.7 Å². The number of benzene rings is 1. The number of carboxylic acids is 1. The number of hydrogen-bond acceptors (Lipinski definition) is 7. The molecule has 0 aromatic heterocycles. The average Bonchev–Trinajstić information content (AvgIpc) is 3.46. The number of carbonyl (C=O) groups is 5. The van der Waals surface area contributed by atoms with Gasteiger partial charge in [-0.3, -0.25) is 19.4 Å². The first-order chi connectivity index (χ1) is 20.6. The van der Waals surface area contributed by atoms with Crippen molar-refractivity contribution in [3.63, 3.8) is 0 Å². The zero-order chi connectivity index (χ0) is 33.4. The fraction of sp³-hybridized carbons (Fsp3) is 0.571. The van der Waals surface area contributed by atoms with Crippen molar-refractivity contribution in [1.82, 2.24) is 10.2 Å². The minimum Gasteiger partial charge on any atom is -0.475 e. The minimum atomic E-state index is -5.08. The van der Waals surface area contributed by atoms with Gasteiger partial charge < -0.3 is 31.5 Å². The van der Waals surface area contributed by atoms with Crippen molar-refractivity contribution in [2.45, 2.75) is 70.8 Å². The Kier molecular flexibility index (Phi) is 15.8. The maximum atomic E-state index is 13.4. The molecule has 16 heteroatoms. The number of ketones is 2. The summed E-state index contributed by atoms with van der Waals surface area (Å²) < 4.78 is 50.1. The molecular weight excluding hydrogens is 594 g/mol. The van der Waals surface area contributed by atoms with Crippen LogP contribution in [0.5, 0.6) is 0 Å². The molecule has 0 aliphatic carbocycles. The predicted octanol–water partition coefficient (Wildman–Crippen LogP) is 2.73. The van der Waals surface area contributed by atoms with Gasteiger partial charge in [0, 0.05) is 25.4 Å². The molecule has 1 aliphatic rings. The summed E-state index contributed by atoms with van der Waals surface area (Å²) in [7, 11) is 0. The van der Waals surface area contributed by atoms with E-state index in [0.29, 0.717) is 25.8 Å². The molecular formula is C28H39F4N5O7. The number of nitrogens with zero attached hydrogens (tertiary/aromatic N) is 2. The molecule has 2 amide bonds. The average molecular weight is 634 g/mol. The summed E-state index contributed by atoms with van der Waals surface area (Å²) in [5.74, 6) is -5.25. The summed E-state index contributed by atoms with van der Waals surface area (Å²) in [6.45, 7) is 3.09. The van der Waals surface area contributed by atoms with Crippen molar-refractivity contribution in [3.8, 4) is 0 Å². The van der Waals surface area contributed by atoms with Crippen LogP contribution in [-0.2, 0) is 30.5 Å². The highest BCUT2D eigenvalue weighted by Crippen LogP contribution is 2.25. The van der Waals surface area contributed by atoms with E-state index >= 15 is 0 Å². The van der Waals surface area contributed by atoms with Gasteiger partial charge >= 0.3 is 18.2 Å². The number of alkyl carbamates (subject to hydrolysis) is 1. The number of carbonyl (C=O) groups excluding carboxylic acids is 4. The van der Waals surface area contributed by atoms with E-state index in [1.54, 1.807) is 13.8 Å². The van der Waals surface area contributed by atoms with Gasteiger partial charge in [-0.05, 0) is 37.2 Å². The molecule has 44 heavy (non-hydrogen) atoms. The number of aliphatic imine (C=N–C) groups is 1. The smallest absolute Gasteiger partial charge is 0.475 e. The van der Waals surface area contributed by atoms with Gasteiger partial charge in [-0.2, -0.15) is 13.2 Å². The largest absolute Gasteiger partial charge is 0.490 e. The number of nitrogens with one attached hydrogen (secondary N) is 1. The first-order valence-corrected chi connectivity index (χ1v) is 13.8. The third-order valence-electron chi connectivity index (χ3n) is 6.61. The van der Waals surface area contributed by atoms with Crippen LogP contribution in [0, 0.1) is 11.8 Å². The number of ether oxygens (including phenoxy) is 1. The van der Waals surface area contributed by atoms with Crippen molar-refractivity contribution in [3.05, 3.63) is 35.9 Å². The first-order valence-electron chi connectivity index (χ1n) is 13.8. The lowest BCUT2D eigenvalue weighted by Crippen LogP contribution is -2.54. The molecule has 6 N–H and O–H groups in total. The minimum absolute atomic E-state index is 0.0592. The standard InChI is InChI=1S/C26H38FN5O5.C2HF3O2/c1-17(2)23(31-26(36)37-16-18-8-4-3-5-9-18)24(35)32-13-7-11-20(32)21(33)14-19(22(34)15-27)10-6-12-30-25(28)29;3-2(4,5)1(6)7/h3-5,8-9,17,19-20,23H,6-7,10-16H2,1-2H3,(H,31,36)(H4,28,29,30);(H,6,7)/t19-,20+,23+;/m1./s1. The number of guanidine groups is 1. The monoisotopic (exact) mass is 633 g/mol. The number of hydrogen-bond donors (Lipinski definition) is 4. The summed E-state index contributed by atoms with van der Waals surface area (Å²) in [6, 6.07) is 7.53. The number of alkyl halides is 4. The second-order valence-electron chi connectivity index (χ2n) is 10.3. The van der Waals surface area contributed by atoms with Crippen molar-refractivity contribution in [2.75, 3.05) is 19.8 Å². The second-order valence-corrected chi connectivity index (χ2v) is 10.3. The number of rotatable bonds is 14. The van der Waals surface area contributed by atoms with Crippen LogP contribution in [0.4, 0.5) is 22.4 Å². The Balaban J connectivity index is 0.00000123. The topological polar surface area (TPSA) is 194 Å². The molecule has 1 heterocycles. The number of nitrogens with two attached hydrogens (primary N) is 2. The van der Waals surface area contributed by atoms with E-state index in [2.05, 4.69) is 10.3 Å². The molecule has 1 aliphatic heterocycles. The first kappa shape index (κ1) is 37.8. The Morgan fingerprint density at radius 3 is 2.27 bits per heavy atom. The predicted molar refractivity (Wildman–Crippen MR) is 151 cm³/mol. The van der Waals surface area contributed by atoms with Crippen LogP contribution in [0.3, 0.4) is 0 Å². The van der Waals surface area contributed by atoms with Crippen LogP contribution < -0.4 is 16.8 Å². The number of halogens is 4. The van der Waals surface area contributed by atoms with Gasteiger partial charge in [0.1, 0.15) is 19.3 Å². The summed E-state index contributed by atoms with van der Waals surface area (Å²) in [4.78, 5) is 65.3. The Hall–Kier alpha value is -4.24. The lowest BCUT2D eigenvalue weighted by atomic mass is 9.90. The maximum absolute atomic E-state index is 13.4. The molecule has 0 unspecified atom stereocenters. The lowest BCUT2D eigenvalue weighted by Gasteiger charge is -2.30. The highest BCUT2D eigenvalue weighted by Gasteiger charge is 2.40. The van der Waals surface area contributed by atoms with Crippen molar-refractivity contribution in [1.29, 1.82) is 0 Å². The fourth-order valence-electron chi connectivity index (χ4n) is 4.36. The zero-order valence-corrected chi connectivity index (χ0v) is 24.5. The van der Waals surface area contributed by atoms with Crippen LogP contribution in [0.2, 0.25) is 0 Å². The molecule has 1 fully saturated rings. The van der Waals surface area contributed by atoms with Gasteiger partial charge in [0.15, 0.2) is 17.5 Å². The van der Waals surface area contributed by atoms with Crippen LogP contribution in [-0.4, -0.2) is 83.5 Å². The van der Waals surface area contributed by atoms with E-state index in [1.807, 2.05) is 30.3 Å². The molecule has 2 rings (SSSR count). The summed E-state index contributed by atoms with van der Waals surface area (Å²) in [6.07, 6.45) is -4.25. The number of likely N-dealkylation sites (tertiary alicyclic amines) is 1.